The van der Waals surface area contributed by atoms with E-state index in [1.54, 1.807) is 7.11 Å². The van der Waals surface area contributed by atoms with E-state index in [0.29, 0.717) is 6.04 Å². The summed E-state index contributed by atoms with van der Waals surface area (Å²) in [5, 5.41) is 0. The van der Waals surface area contributed by atoms with Crippen molar-refractivity contribution < 1.29 is 4.74 Å². The van der Waals surface area contributed by atoms with E-state index in [9.17, 15) is 0 Å². The quantitative estimate of drug-likeness (QED) is 0.822. The van der Waals surface area contributed by atoms with Gasteiger partial charge in [0, 0.05) is 18.1 Å². The second-order valence-corrected chi connectivity index (χ2v) is 5.38. The third kappa shape index (κ3) is 4.22. The molecule has 0 fully saturated rings. The highest BCUT2D eigenvalue weighted by atomic mass is 16.5. The molecule has 0 heterocycles. The average molecular weight is 264 g/mol. The summed E-state index contributed by atoms with van der Waals surface area (Å²) in [6, 6.07) is 9.10. The highest BCUT2D eigenvalue weighted by Gasteiger charge is 2.24. The van der Waals surface area contributed by atoms with Crippen molar-refractivity contribution in [1.29, 1.82) is 0 Å². The Kier molecular flexibility index (Phi) is 6.32. The zero-order valence-electron chi connectivity index (χ0n) is 12.9. The molecule has 19 heavy (non-hydrogen) atoms. The van der Waals surface area contributed by atoms with Gasteiger partial charge in [0.05, 0.1) is 7.11 Å². The molecular formula is C16H28N2O. The third-order valence-electron chi connectivity index (χ3n) is 3.80. The summed E-state index contributed by atoms with van der Waals surface area (Å²) in [4.78, 5) is 2.38. The van der Waals surface area contributed by atoms with E-state index >= 15 is 0 Å². The molecule has 1 aromatic rings. The van der Waals surface area contributed by atoms with Crippen LogP contribution >= 0.6 is 0 Å². The highest BCUT2D eigenvalue weighted by molar-refractivity contribution is 5.30. The molecule has 108 valence electrons. The molecule has 0 aliphatic carbocycles. The van der Waals surface area contributed by atoms with Crippen LogP contribution in [0.2, 0.25) is 0 Å². The maximum atomic E-state index is 6.20. The molecule has 3 atom stereocenters. The Morgan fingerprint density at radius 3 is 2.21 bits per heavy atom. The van der Waals surface area contributed by atoms with Gasteiger partial charge in [-0.2, -0.15) is 0 Å². The predicted octanol–water partition coefficient (Wildman–Crippen LogP) is 3.20. The normalized spacial score (nSPS) is 16.2. The Bertz CT molecular complexity index is 362. The Labute approximate surface area is 117 Å². The van der Waals surface area contributed by atoms with Crippen LogP contribution in [0.25, 0.3) is 0 Å². The van der Waals surface area contributed by atoms with Gasteiger partial charge in [0.1, 0.15) is 5.75 Å². The van der Waals surface area contributed by atoms with Gasteiger partial charge in [-0.25, -0.2) is 0 Å². The number of methoxy groups -OCH3 is 1. The molecule has 0 radical (unpaired) electrons. The lowest BCUT2D eigenvalue weighted by Gasteiger charge is -2.36. The molecular weight excluding hydrogens is 236 g/mol. The van der Waals surface area contributed by atoms with Crippen molar-refractivity contribution in [3.63, 3.8) is 0 Å². The molecule has 3 nitrogen and oxygen atoms in total. The van der Waals surface area contributed by atoms with Gasteiger partial charge in [-0.15, -0.1) is 0 Å². The fraction of sp³-hybridized carbons (Fsp3) is 0.625. The van der Waals surface area contributed by atoms with Gasteiger partial charge in [0.2, 0.25) is 0 Å². The number of benzene rings is 1. The summed E-state index contributed by atoms with van der Waals surface area (Å²) in [7, 11) is 3.85. The van der Waals surface area contributed by atoms with Crippen LogP contribution in [0.1, 0.15) is 45.2 Å². The van der Waals surface area contributed by atoms with Crippen LogP contribution in [0, 0.1) is 0 Å². The lowest BCUT2D eigenvalue weighted by Crippen LogP contribution is -2.41. The van der Waals surface area contributed by atoms with Crippen molar-refractivity contribution >= 4 is 0 Å². The third-order valence-corrected chi connectivity index (χ3v) is 3.80. The highest BCUT2D eigenvalue weighted by Crippen LogP contribution is 2.27. The minimum atomic E-state index is 0.0951. The van der Waals surface area contributed by atoms with Crippen molar-refractivity contribution in [3.8, 4) is 5.75 Å². The lowest BCUT2D eigenvalue weighted by atomic mass is 9.97. The molecule has 0 aliphatic heterocycles. The van der Waals surface area contributed by atoms with Crippen LogP contribution in [0.15, 0.2) is 24.3 Å². The first-order valence-corrected chi connectivity index (χ1v) is 7.12. The van der Waals surface area contributed by atoms with Crippen LogP contribution in [-0.2, 0) is 0 Å². The first-order chi connectivity index (χ1) is 9.01. The fourth-order valence-electron chi connectivity index (χ4n) is 2.61. The van der Waals surface area contributed by atoms with Crippen molar-refractivity contribution in [3.05, 3.63) is 29.8 Å². The molecule has 0 amide bonds. The molecule has 0 aliphatic rings. The number of nitrogens with two attached hydrogens (primary N) is 1. The zero-order valence-corrected chi connectivity index (χ0v) is 12.9. The second-order valence-electron chi connectivity index (χ2n) is 5.38. The first kappa shape index (κ1) is 16.0. The minimum absolute atomic E-state index is 0.0951. The number of hydrogen-bond acceptors (Lipinski definition) is 3. The first-order valence-electron chi connectivity index (χ1n) is 7.12. The maximum Gasteiger partial charge on any atom is 0.118 e. The van der Waals surface area contributed by atoms with E-state index in [4.69, 9.17) is 10.5 Å². The monoisotopic (exact) mass is 264 g/mol. The summed E-state index contributed by atoms with van der Waals surface area (Å²) in [5.41, 5.74) is 7.45. The number of hydrogen-bond donors (Lipinski definition) is 1. The summed E-state index contributed by atoms with van der Waals surface area (Å²) in [6.45, 7) is 6.56. The zero-order chi connectivity index (χ0) is 14.4. The summed E-state index contributed by atoms with van der Waals surface area (Å²) in [6.07, 6.45) is 2.38. The van der Waals surface area contributed by atoms with Gasteiger partial charge in [-0.3, -0.25) is 4.90 Å². The van der Waals surface area contributed by atoms with Crippen molar-refractivity contribution in [2.75, 3.05) is 14.2 Å². The Balaban J connectivity index is 2.92. The summed E-state index contributed by atoms with van der Waals surface area (Å²) in [5.74, 6) is 0.886. The molecule has 0 aromatic heterocycles. The molecule has 2 N–H and O–H groups in total. The van der Waals surface area contributed by atoms with Crippen LogP contribution in [0.5, 0.6) is 5.75 Å². The average Bonchev–Trinajstić information content (AvgIpc) is 2.39. The van der Waals surface area contributed by atoms with E-state index < -0.39 is 0 Å². The van der Waals surface area contributed by atoms with E-state index in [1.807, 2.05) is 12.1 Å². The number of nitrogens with zero attached hydrogens (tertiary/aromatic N) is 1. The Morgan fingerprint density at radius 2 is 1.79 bits per heavy atom. The molecule has 0 saturated carbocycles. The van der Waals surface area contributed by atoms with Crippen LogP contribution < -0.4 is 10.5 Å². The second kappa shape index (κ2) is 7.51. The predicted molar refractivity (Wildman–Crippen MR) is 81.5 cm³/mol. The van der Waals surface area contributed by atoms with Crippen molar-refractivity contribution in [2.24, 2.45) is 5.73 Å². The SMILES string of the molecule is CCCC(C)N(C)C(c1ccc(OC)cc1)C(C)N. The van der Waals surface area contributed by atoms with Gasteiger partial charge in [0.15, 0.2) is 0 Å². The number of likely N-dealkylation sites (N-methyl/N-ethyl adjacent to an activating group) is 1. The molecule has 0 saturated heterocycles. The molecule has 3 unspecified atom stereocenters. The van der Waals surface area contributed by atoms with Gasteiger partial charge in [0.25, 0.3) is 0 Å². The Morgan fingerprint density at radius 1 is 1.21 bits per heavy atom. The van der Waals surface area contributed by atoms with Crippen molar-refractivity contribution in [2.45, 2.75) is 51.7 Å². The van der Waals surface area contributed by atoms with E-state index in [-0.39, 0.29) is 12.1 Å². The van der Waals surface area contributed by atoms with Crippen molar-refractivity contribution in [1.82, 2.24) is 4.90 Å². The van der Waals surface area contributed by atoms with Gasteiger partial charge in [-0.1, -0.05) is 25.5 Å². The van der Waals surface area contributed by atoms with Gasteiger partial charge >= 0.3 is 0 Å². The largest absolute Gasteiger partial charge is 0.497 e. The molecule has 1 rings (SSSR count). The maximum absolute atomic E-state index is 6.20. The summed E-state index contributed by atoms with van der Waals surface area (Å²) < 4.78 is 5.21. The van der Waals surface area contributed by atoms with Gasteiger partial charge in [-0.05, 0) is 45.0 Å². The fourth-order valence-corrected chi connectivity index (χ4v) is 2.61. The van der Waals surface area contributed by atoms with Crippen LogP contribution in [0.3, 0.4) is 0 Å². The molecule has 0 spiro atoms. The summed E-state index contributed by atoms with van der Waals surface area (Å²) >= 11 is 0. The van der Waals surface area contributed by atoms with Crippen LogP contribution in [-0.4, -0.2) is 31.1 Å². The lowest BCUT2D eigenvalue weighted by molar-refractivity contribution is 0.157. The number of ether oxygens (including phenoxy) is 1. The molecule has 3 heteroatoms. The molecule has 0 bridgehead atoms. The topological polar surface area (TPSA) is 38.5 Å². The van der Waals surface area contributed by atoms with E-state index in [0.717, 1.165) is 5.75 Å². The van der Waals surface area contributed by atoms with Gasteiger partial charge < -0.3 is 10.5 Å². The van der Waals surface area contributed by atoms with Crippen LogP contribution in [0.4, 0.5) is 0 Å². The smallest absolute Gasteiger partial charge is 0.118 e. The molecule has 1 aromatic carbocycles. The van der Waals surface area contributed by atoms with E-state index in [1.165, 1.54) is 18.4 Å². The number of rotatable bonds is 7. The standard InChI is InChI=1S/C16H28N2O/c1-6-7-12(2)18(4)16(13(3)17)14-8-10-15(19-5)11-9-14/h8-13,16H,6-7,17H2,1-5H3. The van der Waals surface area contributed by atoms with E-state index in [2.05, 4.69) is 44.9 Å². The minimum Gasteiger partial charge on any atom is -0.497 e. The Hall–Kier alpha value is -1.06.